The lowest BCUT2D eigenvalue weighted by Crippen LogP contribution is -2.14. The van der Waals surface area contributed by atoms with Crippen molar-refractivity contribution >= 4 is 49.9 Å². The van der Waals surface area contributed by atoms with E-state index in [4.69, 9.17) is 11.6 Å². The Morgan fingerprint density at radius 3 is 2.52 bits per heavy atom. The van der Waals surface area contributed by atoms with Crippen molar-refractivity contribution in [2.24, 2.45) is 0 Å². The van der Waals surface area contributed by atoms with Crippen LogP contribution in [0.25, 0.3) is 10.8 Å². The zero-order valence-electron chi connectivity index (χ0n) is 10.7. The summed E-state index contributed by atoms with van der Waals surface area (Å²) in [6, 6.07) is 14.7. The molecular formula is C15H9BrClN3O. The topological polar surface area (TPSA) is 54.9 Å². The van der Waals surface area contributed by atoms with Gasteiger partial charge in [0.25, 0.3) is 5.91 Å². The fourth-order valence-corrected chi connectivity index (χ4v) is 2.41. The molecule has 21 heavy (non-hydrogen) atoms. The Balaban J connectivity index is 1.85. The van der Waals surface area contributed by atoms with Crippen LogP contribution < -0.4 is 5.32 Å². The minimum Gasteiger partial charge on any atom is -0.321 e. The molecule has 0 aliphatic heterocycles. The highest BCUT2D eigenvalue weighted by atomic mass is 79.9. The molecule has 1 aromatic heterocycles. The standard InChI is InChI=1S/C15H9BrClN3O/c16-11-3-1-10-8-12(4-2-9(10)7-11)18-15(21)13-5-6-14(17)20-19-13/h1-8H,(H,18,21). The molecule has 3 rings (SSSR count). The summed E-state index contributed by atoms with van der Waals surface area (Å²) >= 11 is 9.08. The summed E-state index contributed by atoms with van der Waals surface area (Å²) < 4.78 is 1.02. The van der Waals surface area contributed by atoms with Gasteiger partial charge in [0.2, 0.25) is 0 Å². The summed E-state index contributed by atoms with van der Waals surface area (Å²) in [4.78, 5) is 12.1. The van der Waals surface area contributed by atoms with Gasteiger partial charge >= 0.3 is 0 Å². The minimum absolute atomic E-state index is 0.218. The van der Waals surface area contributed by atoms with E-state index < -0.39 is 0 Å². The molecule has 3 aromatic rings. The van der Waals surface area contributed by atoms with Crippen LogP contribution in [0.1, 0.15) is 10.5 Å². The van der Waals surface area contributed by atoms with Crippen molar-refractivity contribution in [2.75, 3.05) is 5.32 Å². The Morgan fingerprint density at radius 2 is 1.76 bits per heavy atom. The SMILES string of the molecule is O=C(Nc1ccc2cc(Br)ccc2c1)c1ccc(Cl)nn1. The van der Waals surface area contributed by atoms with Crippen LogP contribution in [-0.4, -0.2) is 16.1 Å². The molecule has 0 aliphatic rings. The van der Waals surface area contributed by atoms with Gasteiger partial charge in [-0.05, 0) is 47.2 Å². The lowest BCUT2D eigenvalue weighted by Gasteiger charge is -2.06. The van der Waals surface area contributed by atoms with Crippen molar-refractivity contribution in [3.63, 3.8) is 0 Å². The highest BCUT2D eigenvalue weighted by Gasteiger charge is 2.08. The Morgan fingerprint density at radius 1 is 1.00 bits per heavy atom. The smallest absolute Gasteiger partial charge is 0.276 e. The van der Waals surface area contributed by atoms with Crippen molar-refractivity contribution in [1.29, 1.82) is 0 Å². The van der Waals surface area contributed by atoms with Crippen LogP contribution in [0.4, 0.5) is 5.69 Å². The van der Waals surface area contributed by atoms with Gasteiger partial charge in [-0.2, -0.15) is 0 Å². The van der Waals surface area contributed by atoms with E-state index in [0.29, 0.717) is 5.69 Å². The number of amides is 1. The van der Waals surface area contributed by atoms with Crippen LogP contribution in [0.3, 0.4) is 0 Å². The first-order chi connectivity index (χ1) is 10.1. The maximum absolute atomic E-state index is 12.1. The Bertz CT molecular complexity index is 821. The van der Waals surface area contributed by atoms with Crippen molar-refractivity contribution in [2.45, 2.75) is 0 Å². The molecular weight excluding hydrogens is 354 g/mol. The summed E-state index contributed by atoms with van der Waals surface area (Å²) in [7, 11) is 0. The number of nitrogens with zero attached hydrogens (tertiary/aromatic N) is 2. The first-order valence-electron chi connectivity index (χ1n) is 6.12. The number of nitrogens with one attached hydrogen (secondary N) is 1. The molecule has 0 bridgehead atoms. The van der Waals surface area contributed by atoms with Gasteiger partial charge in [0, 0.05) is 10.2 Å². The third kappa shape index (κ3) is 3.20. The number of hydrogen-bond acceptors (Lipinski definition) is 3. The fraction of sp³-hybridized carbons (Fsp3) is 0. The van der Waals surface area contributed by atoms with E-state index in [0.717, 1.165) is 15.2 Å². The van der Waals surface area contributed by atoms with E-state index in [9.17, 15) is 4.79 Å². The van der Waals surface area contributed by atoms with Crippen LogP contribution in [0.2, 0.25) is 5.15 Å². The molecule has 0 spiro atoms. The number of anilines is 1. The molecule has 0 saturated heterocycles. The van der Waals surface area contributed by atoms with E-state index in [-0.39, 0.29) is 16.8 Å². The third-order valence-electron chi connectivity index (χ3n) is 2.92. The van der Waals surface area contributed by atoms with Crippen LogP contribution in [0.5, 0.6) is 0 Å². The lowest BCUT2D eigenvalue weighted by molar-refractivity contribution is 0.102. The Kier molecular flexibility index (Phi) is 3.86. The Hall–Kier alpha value is -1.98. The molecule has 2 aromatic carbocycles. The highest BCUT2D eigenvalue weighted by molar-refractivity contribution is 9.10. The molecule has 0 aliphatic carbocycles. The summed E-state index contributed by atoms with van der Waals surface area (Å²) in [5, 5.41) is 12.6. The number of carbonyl (C=O) groups excluding carboxylic acids is 1. The fourth-order valence-electron chi connectivity index (χ4n) is 1.93. The zero-order chi connectivity index (χ0) is 14.8. The molecule has 4 nitrogen and oxygen atoms in total. The summed E-state index contributed by atoms with van der Waals surface area (Å²) in [6.45, 7) is 0. The van der Waals surface area contributed by atoms with Crippen molar-refractivity contribution in [1.82, 2.24) is 10.2 Å². The minimum atomic E-state index is -0.323. The van der Waals surface area contributed by atoms with Crippen molar-refractivity contribution < 1.29 is 4.79 Å². The van der Waals surface area contributed by atoms with E-state index in [1.165, 1.54) is 12.1 Å². The number of benzene rings is 2. The molecule has 0 atom stereocenters. The second-order valence-electron chi connectivity index (χ2n) is 4.40. The Labute approximate surface area is 134 Å². The predicted molar refractivity (Wildman–Crippen MR) is 86.6 cm³/mol. The molecule has 6 heteroatoms. The average molecular weight is 363 g/mol. The van der Waals surface area contributed by atoms with E-state index in [2.05, 4.69) is 31.4 Å². The average Bonchev–Trinajstić information content (AvgIpc) is 2.48. The van der Waals surface area contributed by atoms with Gasteiger partial charge in [0.15, 0.2) is 10.8 Å². The van der Waals surface area contributed by atoms with Gasteiger partial charge in [-0.15, -0.1) is 10.2 Å². The summed E-state index contributed by atoms with van der Waals surface area (Å²) in [6.07, 6.45) is 0. The zero-order valence-corrected chi connectivity index (χ0v) is 13.0. The molecule has 1 N–H and O–H groups in total. The van der Waals surface area contributed by atoms with Crippen LogP contribution >= 0.6 is 27.5 Å². The number of rotatable bonds is 2. The quantitative estimate of drug-likeness (QED) is 0.739. The molecule has 0 fully saturated rings. The van der Waals surface area contributed by atoms with E-state index in [1.807, 2.05) is 36.4 Å². The molecule has 1 amide bonds. The number of halogens is 2. The van der Waals surface area contributed by atoms with Gasteiger partial charge in [0.05, 0.1) is 0 Å². The number of carbonyl (C=O) groups is 1. The second kappa shape index (κ2) is 5.79. The van der Waals surface area contributed by atoms with Gasteiger partial charge in [-0.3, -0.25) is 4.79 Å². The molecule has 0 saturated carbocycles. The lowest BCUT2D eigenvalue weighted by atomic mass is 10.1. The summed E-state index contributed by atoms with van der Waals surface area (Å²) in [5.74, 6) is -0.323. The van der Waals surface area contributed by atoms with Crippen LogP contribution in [-0.2, 0) is 0 Å². The van der Waals surface area contributed by atoms with E-state index in [1.54, 1.807) is 0 Å². The van der Waals surface area contributed by atoms with Crippen LogP contribution in [0, 0.1) is 0 Å². The van der Waals surface area contributed by atoms with Gasteiger partial charge in [-0.25, -0.2) is 0 Å². The van der Waals surface area contributed by atoms with Gasteiger partial charge in [-0.1, -0.05) is 39.7 Å². The van der Waals surface area contributed by atoms with Crippen molar-refractivity contribution in [3.8, 4) is 0 Å². The molecule has 0 radical (unpaired) electrons. The summed E-state index contributed by atoms with van der Waals surface area (Å²) in [5.41, 5.74) is 0.918. The van der Waals surface area contributed by atoms with E-state index >= 15 is 0 Å². The highest BCUT2D eigenvalue weighted by Crippen LogP contribution is 2.23. The monoisotopic (exact) mass is 361 g/mol. The van der Waals surface area contributed by atoms with Gasteiger partial charge in [0.1, 0.15) is 0 Å². The maximum atomic E-state index is 12.1. The maximum Gasteiger partial charge on any atom is 0.276 e. The number of hydrogen-bond donors (Lipinski definition) is 1. The third-order valence-corrected chi connectivity index (χ3v) is 3.62. The predicted octanol–water partition coefficient (Wildman–Crippen LogP) is 4.30. The number of fused-ring (bicyclic) bond motifs is 1. The van der Waals surface area contributed by atoms with Crippen molar-refractivity contribution in [3.05, 3.63) is 63.9 Å². The first-order valence-corrected chi connectivity index (χ1v) is 7.29. The molecule has 1 heterocycles. The first kappa shape index (κ1) is 14.0. The van der Waals surface area contributed by atoms with Gasteiger partial charge < -0.3 is 5.32 Å². The number of aromatic nitrogens is 2. The normalized spacial score (nSPS) is 10.6. The van der Waals surface area contributed by atoms with Crippen LogP contribution in [0.15, 0.2) is 53.0 Å². The second-order valence-corrected chi connectivity index (χ2v) is 5.70. The largest absolute Gasteiger partial charge is 0.321 e. The molecule has 104 valence electrons. The molecule has 0 unspecified atom stereocenters.